The first-order valence-corrected chi connectivity index (χ1v) is 5.96. The van der Waals surface area contributed by atoms with Gasteiger partial charge in [-0.1, -0.05) is 6.08 Å². The Morgan fingerprint density at radius 2 is 2.00 bits per heavy atom. The molecule has 0 aliphatic heterocycles. The molecule has 0 bridgehead atoms. The molecular formula is C13H16N2O5. The van der Waals surface area contributed by atoms with Gasteiger partial charge in [0, 0.05) is 0 Å². The lowest BCUT2D eigenvalue weighted by Crippen LogP contribution is -2.19. The maximum absolute atomic E-state index is 11.8. The van der Waals surface area contributed by atoms with Crippen LogP contribution in [0.15, 0.2) is 16.6 Å². The number of primary amides is 1. The van der Waals surface area contributed by atoms with E-state index >= 15 is 0 Å². The molecule has 0 aliphatic rings. The molecule has 2 amide bonds. The molecular weight excluding hydrogens is 264 g/mol. The van der Waals surface area contributed by atoms with E-state index in [-0.39, 0.29) is 29.4 Å². The Morgan fingerprint density at radius 1 is 1.35 bits per heavy atom. The SMILES string of the molecule is C/C=C/C(=O)Nc1oc(C)c(C(=O)OCC)c1C(N)=O. The molecule has 0 saturated carbocycles. The van der Waals surface area contributed by atoms with Crippen molar-refractivity contribution in [1.82, 2.24) is 0 Å². The first kappa shape index (κ1) is 15.5. The molecule has 1 rings (SSSR count). The minimum absolute atomic E-state index is 0.0740. The molecule has 1 aromatic heterocycles. The van der Waals surface area contributed by atoms with Crippen LogP contribution in [-0.2, 0) is 9.53 Å². The number of amides is 2. The molecule has 20 heavy (non-hydrogen) atoms. The topological polar surface area (TPSA) is 112 Å². The van der Waals surface area contributed by atoms with Crippen LogP contribution in [0.25, 0.3) is 0 Å². The smallest absolute Gasteiger partial charge is 0.342 e. The normalized spacial score (nSPS) is 10.6. The Labute approximate surface area is 115 Å². The summed E-state index contributed by atoms with van der Waals surface area (Å²) in [5.41, 5.74) is 4.97. The molecule has 0 atom stereocenters. The van der Waals surface area contributed by atoms with Crippen molar-refractivity contribution in [1.29, 1.82) is 0 Å². The van der Waals surface area contributed by atoms with E-state index in [1.54, 1.807) is 13.8 Å². The summed E-state index contributed by atoms with van der Waals surface area (Å²) in [6, 6.07) is 0. The van der Waals surface area contributed by atoms with E-state index in [0.29, 0.717) is 0 Å². The van der Waals surface area contributed by atoms with E-state index < -0.39 is 17.8 Å². The number of rotatable bonds is 5. The maximum Gasteiger partial charge on any atom is 0.342 e. The summed E-state index contributed by atoms with van der Waals surface area (Å²) in [5, 5.41) is 2.35. The fourth-order valence-corrected chi connectivity index (χ4v) is 1.62. The highest BCUT2D eigenvalue weighted by atomic mass is 16.5. The van der Waals surface area contributed by atoms with Gasteiger partial charge < -0.3 is 14.9 Å². The molecule has 0 saturated heterocycles. The number of hydrogen-bond donors (Lipinski definition) is 2. The Morgan fingerprint density at radius 3 is 2.50 bits per heavy atom. The second-order valence-corrected chi connectivity index (χ2v) is 3.81. The van der Waals surface area contributed by atoms with Gasteiger partial charge in [0.25, 0.3) is 5.91 Å². The lowest BCUT2D eigenvalue weighted by Gasteiger charge is -2.02. The number of esters is 1. The highest BCUT2D eigenvalue weighted by Crippen LogP contribution is 2.27. The number of allylic oxidation sites excluding steroid dienone is 1. The number of aryl methyl sites for hydroxylation is 1. The standard InChI is InChI=1S/C13H16N2O5/c1-4-6-8(16)15-12-10(11(14)17)9(7(3)20-12)13(18)19-5-2/h4,6H,5H2,1-3H3,(H2,14,17)(H,15,16)/b6-4+. The third-order valence-corrected chi connectivity index (χ3v) is 2.37. The summed E-state index contributed by atoms with van der Waals surface area (Å²) in [4.78, 5) is 34.8. The number of anilines is 1. The quantitative estimate of drug-likeness (QED) is 0.625. The van der Waals surface area contributed by atoms with Gasteiger partial charge >= 0.3 is 5.97 Å². The van der Waals surface area contributed by atoms with Gasteiger partial charge in [0.15, 0.2) is 0 Å². The Kier molecular flexibility index (Phi) is 5.08. The van der Waals surface area contributed by atoms with Crippen LogP contribution in [0.3, 0.4) is 0 Å². The molecule has 0 unspecified atom stereocenters. The average molecular weight is 280 g/mol. The Bertz CT molecular complexity index is 572. The van der Waals surface area contributed by atoms with Crippen LogP contribution >= 0.6 is 0 Å². The number of furan rings is 1. The molecule has 0 spiro atoms. The third kappa shape index (κ3) is 3.25. The van der Waals surface area contributed by atoms with Gasteiger partial charge in [0.2, 0.25) is 11.8 Å². The van der Waals surface area contributed by atoms with Gasteiger partial charge in [-0.15, -0.1) is 0 Å². The maximum atomic E-state index is 11.8. The molecule has 7 nitrogen and oxygen atoms in total. The minimum atomic E-state index is -0.888. The van der Waals surface area contributed by atoms with Crippen LogP contribution in [0.4, 0.5) is 5.88 Å². The number of ether oxygens (including phenoxy) is 1. The largest absolute Gasteiger partial charge is 0.462 e. The van der Waals surface area contributed by atoms with Crippen molar-refractivity contribution >= 4 is 23.7 Å². The predicted octanol–water partition coefficient (Wildman–Crippen LogP) is 1.38. The number of hydrogen-bond acceptors (Lipinski definition) is 5. The van der Waals surface area contributed by atoms with Crippen molar-refractivity contribution in [3.8, 4) is 0 Å². The monoisotopic (exact) mass is 280 g/mol. The molecule has 0 aromatic carbocycles. The Hall–Kier alpha value is -2.57. The van der Waals surface area contributed by atoms with Crippen molar-refractivity contribution in [3.63, 3.8) is 0 Å². The Balaban J connectivity index is 3.27. The van der Waals surface area contributed by atoms with Gasteiger partial charge in [-0.05, 0) is 26.8 Å². The van der Waals surface area contributed by atoms with Gasteiger partial charge in [-0.3, -0.25) is 14.9 Å². The zero-order chi connectivity index (χ0) is 15.3. The van der Waals surface area contributed by atoms with Crippen molar-refractivity contribution in [2.45, 2.75) is 20.8 Å². The van der Waals surface area contributed by atoms with E-state index in [9.17, 15) is 14.4 Å². The summed E-state index contributed by atoms with van der Waals surface area (Å²) in [6.45, 7) is 4.91. The molecule has 7 heteroatoms. The van der Waals surface area contributed by atoms with E-state index in [1.165, 1.54) is 19.1 Å². The van der Waals surface area contributed by atoms with Gasteiger partial charge in [0.1, 0.15) is 16.9 Å². The van der Waals surface area contributed by atoms with Crippen LogP contribution < -0.4 is 11.1 Å². The number of carbonyl (C=O) groups excluding carboxylic acids is 3. The van der Waals surface area contributed by atoms with Crippen molar-refractivity contribution in [3.05, 3.63) is 29.0 Å². The summed E-state index contributed by atoms with van der Waals surface area (Å²) in [7, 11) is 0. The van der Waals surface area contributed by atoms with E-state index in [0.717, 1.165) is 0 Å². The summed E-state index contributed by atoms with van der Waals surface area (Å²) >= 11 is 0. The zero-order valence-corrected chi connectivity index (χ0v) is 11.5. The minimum Gasteiger partial charge on any atom is -0.462 e. The molecule has 3 N–H and O–H groups in total. The van der Waals surface area contributed by atoms with Gasteiger partial charge in [0.05, 0.1) is 6.61 Å². The molecule has 0 aliphatic carbocycles. The van der Waals surface area contributed by atoms with Crippen LogP contribution in [-0.4, -0.2) is 24.4 Å². The van der Waals surface area contributed by atoms with Crippen molar-refractivity contribution in [2.75, 3.05) is 11.9 Å². The average Bonchev–Trinajstić information content (AvgIpc) is 2.66. The molecule has 108 valence electrons. The van der Waals surface area contributed by atoms with Crippen LogP contribution in [0.2, 0.25) is 0 Å². The summed E-state index contributed by atoms with van der Waals surface area (Å²) in [5.74, 6) is -2.14. The first-order valence-electron chi connectivity index (χ1n) is 5.96. The third-order valence-electron chi connectivity index (χ3n) is 2.37. The molecule has 1 aromatic rings. The van der Waals surface area contributed by atoms with Crippen LogP contribution in [0.5, 0.6) is 0 Å². The lowest BCUT2D eigenvalue weighted by atomic mass is 10.1. The van der Waals surface area contributed by atoms with Crippen molar-refractivity contribution < 1.29 is 23.5 Å². The molecule has 0 radical (unpaired) electrons. The van der Waals surface area contributed by atoms with Crippen molar-refractivity contribution in [2.24, 2.45) is 5.73 Å². The second kappa shape index (κ2) is 6.55. The van der Waals surface area contributed by atoms with Crippen LogP contribution in [0.1, 0.15) is 40.3 Å². The number of carbonyl (C=O) groups is 3. The second-order valence-electron chi connectivity index (χ2n) is 3.81. The fourth-order valence-electron chi connectivity index (χ4n) is 1.62. The molecule has 1 heterocycles. The van der Waals surface area contributed by atoms with E-state index in [2.05, 4.69) is 5.32 Å². The number of nitrogens with two attached hydrogens (primary N) is 1. The van der Waals surface area contributed by atoms with E-state index in [4.69, 9.17) is 14.9 Å². The molecule has 0 fully saturated rings. The lowest BCUT2D eigenvalue weighted by molar-refractivity contribution is -0.112. The highest BCUT2D eigenvalue weighted by Gasteiger charge is 2.28. The fraction of sp³-hybridized carbons (Fsp3) is 0.308. The first-order chi connectivity index (χ1) is 9.42. The summed E-state index contributed by atoms with van der Waals surface area (Å²) in [6.07, 6.45) is 2.76. The highest BCUT2D eigenvalue weighted by molar-refractivity contribution is 6.11. The van der Waals surface area contributed by atoms with Gasteiger partial charge in [-0.2, -0.15) is 0 Å². The predicted molar refractivity (Wildman–Crippen MR) is 71.4 cm³/mol. The van der Waals surface area contributed by atoms with Crippen LogP contribution in [0, 0.1) is 6.92 Å². The van der Waals surface area contributed by atoms with E-state index in [1.807, 2.05) is 0 Å². The van der Waals surface area contributed by atoms with Gasteiger partial charge in [-0.25, -0.2) is 4.79 Å². The summed E-state index contributed by atoms with van der Waals surface area (Å²) < 4.78 is 10.1. The number of nitrogens with one attached hydrogen (secondary N) is 1. The zero-order valence-electron chi connectivity index (χ0n) is 11.5.